The van der Waals surface area contributed by atoms with Gasteiger partial charge in [-0.25, -0.2) is 9.97 Å². The lowest BCUT2D eigenvalue weighted by Crippen LogP contribution is -2.13. The molecule has 0 bridgehead atoms. The lowest BCUT2D eigenvalue weighted by atomic mass is 9.96. The highest BCUT2D eigenvalue weighted by Gasteiger charge is 2.20. The van der Waals surface area contributed by atoms with Gasteiger partial charge in [-0.15, -0.1) is 0 Å². The summed E-state index contributed by atoms with van der Waals surface area (Å²) in [4.78, 5) is 8.87. The number of aryl methyl sites for hydroxylation is 1. The number of nitrogens with zero attached hydrogens (tertiary/aromatic N) is 2. The van der Waals surface area contributed by atoms with Gasteiger partial charge < -0.3 is 10.4 Å². The zero-order valence-electron chi connectivity index (χ0n) is 14.7. The molecule has 2 heterocycles. The summed E-state index contributed by atoms with van der Waals surface area (Å²) in [5.74, 6) is 0.865. The summed E-state index contributed by atoms with van der Waals surface area (Å²) in [6.45, 7) is 1.91. The molecule has 1 atom stereocenters. The number of phenols is 1. The number of nitrogens with one attached hydrogen (secondary N) is 1. The topological polar surface area (TPSA) is 58.0 Å². The van der Waals surface area contributed by atoms with E-state index < -0.39 is 0 Å². The van der Waals surface area contributed by atoms with Crippen molar-refractivity contribution in [2.75, 3.05) is 5.32 Å². The predicted octanol–water partition coefficient (Wildman–Crippen LogP) is 5.50. The van der Waals surface area contributed by atoms with E-state index in [1.165, 1.54) is 0 Å². The average molecular weight is 376 g/mol. The van der Waals surface area contributed by atoms with Crippen LogP contribution in [0.25, 0.3) is 10.9 Å². The van der Waals surface area contributed by atoms with Crippen LogP contribution in [-0.2, 0) is 0 Å². The van der Waals surface area contributed by atoms with Crippen LogP contribution in [0.4, 0.5) is 5.82 Å². The number of aromatic hydroxyl groups is 1. The van der Waals surface area contributed by atoms with Crippen LogP contribution >= 0.6 is 11.6 Å². The second-order valence-electron chi connectivity index (χ2n) is 6.38. The Kier molecular flexibility index (Phi) is 4.65. The van der Waals surface area contributed by atoms with E-state index in [2.05, 4.69) is 15.3 Å². The average Bonchev–Trinajstić information content (AvgIpc) is 2.68. The fraction of sp³-hybridized carbons (Fsp3) is 0.0909. The summed E-state index contributed by atoms with van der Waals surface area (Å²) < 4.78 is 0. The van der Waals surface area contributed by atoms with Crippen molar-refractivity contribution in [3.8, 4) is 5.75 Å². The van der Waals surface area contributed by atoms with E-state index in [9.17, 15) is 5.11 Å². The number of hydrogen-bond acceptors (Lipinski definition) is 4. The number of pyridine rings is 2. The highest BCUT2D eigenvalue weighted by Crippen LogP contribution is 2.36. The van der Waals surface area contributed by atoms with E-state index >= 15 is 0 Å². The fourth-order valence-corrected chi connectivity index (χ4v) is 3.34. The number of rotatable bonds is 4. The number of phenolic OH excluding ortho intramolecular Hbond substituents is 1. The standard InChI is InChI=1S/C22H18ClN3O/c1-14-8-9-15-10-11-18(22(27)21(15)25-14)20(16-5-4-6-17(23)13-16)26-19-7-2-3-12-24-19/h2-13,20,27H,1H3,(H,24,26)/t20-/m1/s1. The summed E-state index contributed by atoms with van der Waals surface area (Å²) in [6, 6.07) is 20.7. The first-order valence-electron chi connectivity index (χ1n) is 8.64. The quantitative estimate of drug-likeness (QED) is 0.494. The van der Waals surface area contributed by atoms with Gasteiger partial charge in [0.25, 0.3) is 0 Å². The first-order chi connectivity index (χ1) is 13.1. The molecule has 134 valence electrons. The minimum Gasteiger partial charge on any atom is -0.505 e. The van der Waals surface area contributed by atoms with Crippen LogP contribution in [0.2, 0.25) is 5.02 Å². The third-order valence-corrected chi connectivity index (χ3v) is 4.69. The monoisotopic (exact) mass is 375 g/mol. The van der Waals surface area contributed by atoms with Gasteiger partial charge in [-0.1, -0.05) is 48.0 Å². The van der Waals surface area contributed by atoms with Crippen molar-refractivity contribution in [3.05, 3.63) is 94.8 Å². The van der Waals surface area contributed by atoms with Crippen LogP contribution in [0, 0.1) is 6.92 Å². The molecule has 2 aromatic carbocycles. The maximum absolute atomic E-state index is 11.0. The maximum Gasteiger partial charge on any atom is 0.147 e. The minimum absolute atomic E-state index is 0.157. The first-order valence-corrected chi connectivity index (χ1v) is 9.02. The van der Waals surface area contributed by atoms with Gasteiger partial charge in [0.05, 0.1) is 6.04 Å². The third kappa shape index (κ3) is 3.57. The van der Waals surface area contributed by atoms with Gasteiger partial charge in [0.2, 0.25) is 0 Å². The second kappa shape index (κ2) is 7.25. The smallest absolute Gasteiger partial charge is 0.147 e. The maximum atomic E-state index is 11.0. The molecule has 0 amide bonds. The molecule has 2 aromatic heterocycles. The number of anilines is 1. The van der Waals surface area contributed by atoms with Crippen molar-refractivity contribution in [3.63, 3.8) is 0 Å². The SMILES string of the molecule is Cc1ccc2ccc([C@H](Nc3ccccn3)c3cccc(Cl)c3)c(O)c2n1. The Morgan fingerprint density at radius 1 is 1.00 bits per heavy atom. The van der Waals surface area contributed by atoms with E-state index in [1.54, 1.807) is 6.20 Å². The largest absolute Gasteiger partial charge is 0.505 e. The molecular weight excluding hydrogens is 358 g/mol. The Bertz CT molecular complexity index is 1100. The number of aromatic nitrogens is 2. The van der Waals surface area contributed by atoms with Crippen molar-refractivity contribution < 1.29 is 5.11 Å². The van der Waals surface area contributed by atoms with Gasteiger partial charge in [0, 0.05) is 27.9 Å². The molecule has 4 aromatic rings. The molecule has 0 saturated heterocycles. The normalized spacial score (nSPS) is 12.1. The van der Waals surface area contributed by atoms with Crippen LogP contribution in [0.1, 0.15) is 22.9 Å². The molecule has 0 fully saturated rings. The van der Waals surface area contributed by atoms with E-state index in [0.717, 1.165) is 16.6 Å². The van der Waals surface area contributed by atoms with Gasteiger partial charge in [-0.05, 0) is 42.8 Å². The van der Waals surface area contributed by atoms with Gasteiger partial charge in [-0.3, -0.25) is 0 Å². The third-order valence-electron chi connectivity index (χ3n) is 4.46. The number of halogens is 1. The molecule has 0 aliphatic heterocycles. The Balaban J connectivity index is 1.87. The summed E-state index contributed by atoms with van der Waals surface area (Å²) >= 11 is 6.22. The highest BCUT2D eigenvalue weighted by molar-refractivity contribution is 6.30. The number of hydrogen-bond donors (Lipinski definition) is 2. The number of fused-ring (bicyclic) bond motifs is 1. The molecule has 2 N–H and O–H groups in total. The predicted molar refractivity (Wildman–Crippen MR) is 109 cm³/mol. The van der Waals surface area contributed by atoms with Crippen molar-refractivity contribution in [2.24, 2.45) is 0 Å². The van der Waals surface area contributed by atoms with Gasteiger partial charge in [0.1, 0.15) is 17.1 Å². The zero-order valence-corrected chi connectivity index (χ0v) is 15.5. The lowest BCUT2D eigenvalue weighted by Gasteiger charge is -2.22. The molecular formula is C22H18ClN3O. The summed E-state index contributed by atoms with van der Waals surface area (Å²) in [5.41, 5.74) is 3.08. The van der Waals surface area contributed by atoms with Crippen molar-refractivity contribution >= 4 is 28.3 Å². The van der Waals surface area contributed by atoms with Crippen LogP contribution in [0.3, 0.4) is 0 Å². The molecule has 0 aliphatic rings. The zero-order chi connectivity index (χ0) is 18.8. The van der Waals surface area contributed by atoms with E-state index in [0.29, 0.717) is 21.9 Å². The second-order valence-corrected chi connectivity index (χ2v) is 6.81. The number of benzene rings is 2. The molecule has 0 aliphatic carbocycles. The van der Waals surface area contributed by atoms with Crippen LogP contribution in [0.5, 0.6) is 5.75 Å². The lowest BCUT2D eigenvalue weighted by molar-refractivity contribution is 0.471. The summed E-state index contributed by atoms with van der Waals surface area (Å²) in [5, 5.41) is 15.9. The fourth-order valence-electron chi connectivity index (χ4n) is 3.14. The molecule has 4 nitrogen and oxygen atoms in total. The van der Waals surface area contributed by atoms with Gasteiger partial charge >= 0.3 is 0 Å². The summed E-state index contributed by atoms with van der Waals surface area (Å²) in [7, 11) is 0. The van der Waals surface area contributed by atoms with Crippen LogP contribution < -0.4 is 5.32 Å². The van der Waals surface area contributed by atoms with E-state index in [4.69, 9.17) is 11.6 Å². The van der Waals surface area contributed by atoms with Crippen molar-refractivity contribution in [1.82, 2.24) is 9.97 Å². The molecule has 4 rings (SSSR count). The Labute approximate surface area is 162 Å². The molecule has 0 saturated carbocycles. The molecule has 0 unspecified atom stereocenters. The van der Waals surface area contributed by atoms with Gasteiger partial charge in [-0.2, -0.15) is 0 Å². The minimum atomic E-state index is -0.328. The molecule has 5 heteroatoms. The highest BCUT2D eigenvalue weighted by atomic mass is 35.5. The summed E-state index contributed by atoms with van der Waals surface area (Å²) in [6.07, 6.45) is 1.72. The Hall–Kier alpha value is -3.11. The van der Waals surface area contributed by atoms with Gasteiger partial charge in [0.15, 0.2) is 0 Å². The molecule has 27 heavy (non-hydrogen) atoms. The van der Waals surface area contributed by atoms with E-state index in [1.807, 2.05) is 73.7 Å². The first kappa shape index (κ1) is 17.3. The van der Waals surface area contributed by atoms with Crippen molar-refractivity contribution in [1.29, 1.82) is 0 Å². The Morgan fingerprint density at radius 2 is 1.85 bits per heavy atom. The van der Waals surface area contributed by atoms with E-state index in [-0.39, 0.29) is 11.8 Å². The van der Waals surface area contributed by atoms with Crippen LogP contribution in [0.15, 0.2) is 72.9 Å². The molecule has 0 spiro atoms. The Morgan fingerprint density at radius 3 is 2.63 bits per heavy atom. The molecule has 0 radical (unpaired) electrons. The van der Waals surface area contributed by atoms with Crippen molar-refractivity contribution in [2.45, 2.75) is 13.0 Å². The van der Waals surface area contributed by atoms with Crippen LogP contribution in [-0.4, -0.2) is 15.1 Å².